The third-order valence-corrected chi connectivity index (χ3v) is 3.48. The van der Waals surface area contributed by atoms with E-state index < -0.39 is 0 Å². The van der Waals surface area contributed by atoms with Crippen molar-refractivity contribution in [1.82, 2.24) is 9.97 Å². The summed E-state index contributed by atoms with van der Waals surface area (Å²) >= 11 is 5.87. The normalized spacial score (nSPS) is 14.1. The molecule has 104 valence electrons. The summed E-state index contributed by atoms with van der Waals surface area (Å²) in [7, 11) is 0. The van der Waals surface area contributed by atoms with Crippen molar-refractivity contribution >= 4 is 23.2 Å². The number of benzene rings is 1. The summed E-state index contributed by atoms with van der Waals surface area (Å²) in [5.41, 5.74) is 1.26. The van der Waals surface area contributed by atoms with Gasteiger partial charge in [-0.05, 0) is 37.0 Å². The Morgan fingerprint density at radius 3 is 2.60 bits per heavy atom. The third kappa shape index (κ3) is 3.84. The number of halogens is 1. The van der Waals surface area contributed by atoms with Crippen molar-refractivity contribution in [2.75, 3.05) is 17.2 Å². The second-order valence-corrected chi connectivity index (χ2v) is 5.45. The van der Waals surface area contributed by atoms with Crippen LogP contribution in [0.2, 0.25) is 5.02 Å². The SMILES string of the molecule is Clc1ccc(CCNc2cc(NC3CC3)ncn2)cc1. The molecule has 0 unspecified atom stereocenters. The van der Waals surface area contributed by atoms with Crippen molar-refractivity contribution in [3.05, 3.63) is 47.2 Å². The summed E-state index contributed by atoms with van der Waals surface area (Å²) < 4.78 is 0. The first kappa shape index (κ1) is 13.2. The van der Waals surface area contributed by atoms with E-state index in [1.165, 1.54) is 18.4 Å². The Morgan fingerprint density at radius 2 is 1.85 bits per heavy atom. The number of anilines is 2. The van der Waals surface area contributed by atoms with E-state index in [1.54, 1.807) is 6.33 Å². The fourth-order valence-electron chi connectivity index (χ4n) is 1.96. The van der Waals surface area contributed by atoms with Gasteiger partial charge in [0.15, 0.2) is 0 Å². The van der Waals surface area contributed by atoms with Crippen LogP contribution in [0.25, 0.3) is 0 Å². The predicted octanol–water partition coefficient (Wildman–Crippen LogP) is 3.36. The van der Waals surface area contributed by atoms with Crippen LogP contribution in [0.4, 0.5) is 11.6 Å². The minimum atomic E-state index is 0.604. The number of nitrogens with one attached hydrogen (secondary N) is 2. The molecule has 0 saturated heterocycles. The molecule has 1 aliphatic rings. The molecule has 0 spiro atoms. The van der Waals surface area contributed by atoms with Gasteiger partial charge in [-0.2, -0.15) is 0 Å². The van der Waals surface area contributed by atoms with Crippen molar-refractivity contribution in [3.8, 4) is 0 Å². The molecule has 20 heavy (non-hydrogen) atoms. The van der Waals surface area contributed by atoms with Crippen molar-refractivity contribution in [2.24, 2.45) is 0 Å². The van der Waals surface area contributed by atoms with Crippen LogP contribution >= 0.6 is 11.6 Å². The van der Waals surface area contributed by atoms with E-state index >= 15 is 0 Å². The van der Waals surface area contributed by atoms with Crippen LogP contribution in [0.5, 0.6) is 0 Å². The molecule has 5 heteroatoms. The maximum Gasteiger partial charge on any atom is 0.131 e. The van der Waals surface area contributed by atoms with Gasteiger partial charge in [-0.25, -0.2) is 9.97 Å². The molecule has 2 N–H and O–H groups in total. The molecule has 0 amide bonds. The smallest absolute Gasteiger partial charge is 0.131 e. The summed E-state index contributed by atoms with van der Waals surface area (Å²) in [5.74, 6) is 1.76. The predicted molar refractivity (Wildman–Crippen MR) is 82.3 cm³/mol. The van der Waals surface area contributed by atoms with E-state index in [0.717, 1.165) is 29.6 Å². The Balaban J connectivity index is 1.51. The van der Waals surface area contributed by atoms with Crippen molar-refractivity contribution < 1.29 is 0 Å². The van der Waals surface area contributed by atoms with Gasteiger partial charge in [-0.3, -0.25) is 0 Å². The molecule has 1 aromatic carbocycles. The number of rotatable bonds is 6. The van der Waals surface area contributed by atoms with Gasteiger partial charge < -0.3 is 10.6 Å². The van der Waals surface area contributed by atoms with Gasteiger partial charge in [0.1, 0.15) is 18.0 Å². The maximum atomic E-state index is 5.87. The zero-order chi connectivity index (χ0) is 13.8. The van der Waals surface area contributed by atoms with Crippen LogP contribution < -0.4 is 10.6 Å². The van der Waals surface area contributed by atoms with Crippen molar-refractivity contribution in [2.45, 2.75) is 25.3 Å². The van der Waals surface area contributed by atoms with E-state index in [-0.39, 0.29) is 0 Å². The van der Waals surface area contributed by atoms with Crippen LogP contribution in [0.1, 0.15) is 18.4 Å². The molecule has 1 aliphatic carbocycles. The third-order valence-electron chi connectivity index (χ3n) is 3.23. The summed E-state index contributed by atoms with van der Waals surface area (Å²) in [6, 6.07) is 10.5. The Morgan fingerprint density at radius 1 is 1.10 bits per heavy atom. The first-order valence-corrected chi connectivity index (χ1v) is 7.24. The Hall–Kier alpha value is -1.81. The van der Waals surface area contributed by atoms with Gasteiger partial charge in [0.25, 0.3) is 0 Å². The summed E-state index contributed by atoms with van der Waals surface area (Å²) in [4.78, 5) is 8.45. The van der Waals surface area contributed by atoms with Gasteiger partial charge in [-0.1, -0.05) is 23.7 Å². The van der Waals surface area contributed by atoms with E-state index in [2.05, 4.69) is 20.6 Å². The molecule has 0 aliphatic heterocycles. The highest BCUT2D eigenvalue weighted by molar-refractivity contribution is 6.30. The lowest BCUT2D eigenvalue weighted by atomic mass is 10.1. The highest BCUT2D eigenvalue weighted by Crippen LogP contribution is 2.24. The quantitative estimate of drug-likeness (QED) is 0.856. The van der Waals surface area contributed by atoms with Gasteiger partial charge in [-0.15, -0.1) is 0 Å². The lowest BCUT2D eigenvalue weighted by Gasteiger charge is -2.08. The minimum absolute atomic E-state index is 0.604. The molecular weight excluding hydrogens is 272 g/mol. The van der Waals surface area contributed by atoms with Crippen LogP contribution in [0.15, 0.2) is 36.7 Å². The average Bonchev–Trinajstić information content (AvgIpc) is 3.26. The van der Waals surface area contributed by atoms with Crippen LogP contribution in [-0.2, 0) is 6.42 Å². The van der Waals surface area contributed by atoms with Gasteiger partial charge in [0, 0.05) is 23.7 Å². The molecule has 3 rings (SSSR count). The zero-order valence-electron chi connectivity index (χ0n) is 11.1. The fraction of sp³-hybridized carbons (Fsp3) is 0.333. The fourth-order valence-corrected chi connectivity index (χ4v) is 2.08. The molecule has 1 aromatic heterocycles. The van der Waals surface area contributed by atoms with Crippen LogP contribution in [0, 0.1) is 0 Å². The maximum absolute atomic E-state index is 5.87. The summed E-state index contributed by atoms with van der Waals surface area (Å²) in [5, 5.41) is 7.45. The molecule has 0 bridgehead atoms. The first-order valence-electron chi connectivity index (χ1n) is 6.86. The second kappa shape index (κ2) is 6.09. The molecular formula is C15H17ClN4. The molecule has 2 aromatic rings. The number of nitrogens with zero attached hydrogens (tertiary/aromatic N) is 2. The Kier molecular flexibility index (Phi) is 4.02. The monoisotopic (exact) mass is 288 g/mol. The molecule has 1 fully saturated rings. The van der Waals surface area contributed by atoms with Gasteiger partial charge in [0.05, 0.1) is 0 Å². The average molecular weight is 289 g/mol. The first-order chi connectivity index (χ1) is 9.79. The largest absolute Gasteiger partial charge is 0.370 e. The number of hydrogen-bond acceptors (Lipinski definition) is 4. The van der Waals surface area contributed by atoms with Crippen molar-refractivity contribution in [3.63, 3.8) is 0 Å². The molecule has 0 radical (unpaired) electrons. The highest BCUT2D eigenvalue weighted by Gasteiger charge is 2.21. The summed E-state index contributed by atoms with van der Waals surface area (Å²) in [6.45, 7) is 0.835. The molecule has 1 heterocycles. The lowest BCUT2D eigenvalue weighted by Crippen LogP contribution is -2.08. The Bertz CT molecular complexity index is 566. The van der Waals surface area contributed by atoms with E-state index in [4.69, 9.17) is 11.6 Å². The van der Waals surface area contributed by atoms with Crippen molar-refractivity contribution in [1.29, 1.82) is 0 Å². The highest BCUT2D eigenvalue weighted by atomic mass is 35.5. The standard InChI is InChI=1S/C15H17ClN4/c16-12-3-1-11(2-4-12)7-8-17-14-9-15(19-10-18-14)20-13-5-6-13/h1-4,9-10,13H,5-8H2,(H2,17,18,19,20). The zero-order valence-corrected chi connectivity index (χ0v) is 11.9. The topological polar surface area (TPSA) is 49.8 Å². The number of aromatic nitrogens is 2. The lowest BCUT2D eigenvalue weighted by molar-refractivity contribution is 0.996. The molecule has 0 atom stereocenters. The van der Waals surface area contributed by atoms with E-state index in [9.17, 15) is 0 Å². The second-order valence-electron chi connectivity index (χ2n) is 5.01. The molecule has 4 nitrogen and oxygen atoms in total. The van der Waals surface area contributed by atoms with E-state index in [0.29, 0.717) is 6.04 Å². The molecule has 1 saturated carbocycles. The van der Waals surface area contributed by atoms with Crippen LogP contribution in [0.3, 0.4) is 0 Å². The number of hydrogen-bond donors (Lipinski definition) is 2. The van der Waals surface area contributed by atoms with E-state index in [1.807, 2.05) is 30.3 Å². The summed E-state index contributed by atoms with van der Waals surface area (Å²) in [6.07, 6.45) is 5.01. The Labute approximate surface area is 123 Å². The minimum Gasteiger partial charge on any atom is -0.370 e. The van der Waals surface area contributed by atoms with Crippen LogP contribution in [-0.4, -0.2) is 22.6 Å². The van der Waals surface area contributed by atoms with Gasteiger partial charge in [0.2, 0.25) is 0 Å². The van der Waals surface area contributed by atoms with Gasteiger partial charge >= 0.3 is 0 Å².